The first-order valence-corrected chi connectivity index (χ1v) is 18.1. The Morgan fingerprint density at radius 1 is 0.980 bits per heavy atom. The molecule has 9 nitrogen and oxygen atoms in total. The SMILES string of the molecule is CCCCC1=N[C@](CC)(c2ccc(C(F)(F)F)cc2)C(=O)N1Cc1ccc(-c2ccccc2S(=O)(=O)Nc2noc(C)c2C)c(COCC)c1. The summed E-state index contributed by atoms with van der Waals surface area (Å²) in [5.41, 5.74) is 1.41. The van der Waals surface area contributed by atoms with E-state index in [2.05, 4.69) is 9.88 Å². The maximum absolute atomic E-state index is 14.3. The van der Waals surface area contributed by atoms with E-state index in [4.69, 9.17) is 14.3 Å². The van der Waals surface area contributed by atoms with Gasteiger partial charge in [0.25, 0.3) is 15.9 Å². The van der Waals surface area contributed by atoms with Gasteiger partial charge < -0.3 is 9.26 Å². The fourth-order valence-corrected chi connectivity index (χ4v) is 7.34. The summed E-state index contributed by atoms with van der Waals surface area (Å²) in [5.74, 6) is 0.884. The molecule has 50 heavy (non-hydrogen) atoms. The van der Waals surface area contributed by atoms with Crippen molar-refractivity contribution in [3.05, 3.63) is 100 Å². The molecule has 1 atom stereocenters. The maximum Gasteiger partial charge on any atom is 0.416 e. The van der Waals surface area contributed by atoms with Crippen LogP contribution in [0.25, 0.3) is 11.1 Å². The summed E-state index contributed by atoms with van der Waals surface area (Å²) in [6, 6.07) is 16.8. The van der Waals surface area contributed by atoms with Crippen LogP contribution >= 0.6 is 0 Å². The predicted octanol–water partition coefficient (Wildman–Crippen LogP) is 8.55. The van der Waals surface area contributed by atoms with Gasteiger partial charge in [-0.3, -0.25) is 19.4 Å². The van der Waals surface area contributed by atoms with Crippen molar-refractivity contribution in [2.75, 3.05) is 11.3 Å². The number of benzene rings is 3. The Labute approximate surface area is 290 Å². The Kier molecular flexibility index (Phi) is 10.9. The average Bonchev–Trinajstić information content (AvgIpc) is 3.56. The summed E-state index contributed by atoms with van der Waals surface area (Å²) < 4.78 is 80.9. The highest BCUT2D eigenvalue weighted by Gasteiger charge is 2.48. The molecule has 0 spiro atoms. The monoisotopic (exact) mass is 710 g/mol. The molecule has 0 aliphatic carbocycles. The smallest absolute Gasteiger partial charge is 0.377 e. The van der Waals surface area contributed by atoms with E-state index < -0.39 is 27.3 Å². The zero-order valence-electron chi connectivity index (χ0n) is 28.7. The van der Waals surface area contributed by atoms with Crippen LogP contribution in [0.3, 0.4) is 0 Å². The highest BCUT2D eigenvalue weighted by atomic mass is 32.2. The van der Waals surface area contributed by atoms with Crippen molar-refractivity contribution in [3.8, 4) is 11.1 Å². The van der Waals surface area contributed by atoms with Gasteiger partial charge in [-0.1, -0.05) is 74.0 Å². The van der Waals surface area contributed by atoms with Crippen LogP contribution in [0.5, 0.6) is 0 Å². The number of nitrogens with zero attached hydrogens (tertiary/aromatic N) is 3. The van der Waals surface area contributed by atoms with Gasteiger partial charge in [0.15, 0.2) is 11.4 Å². The lowest BCUT2D eigenvalue weighted by Crippen LogP contribution is -2.40. The number of halogens is 3. The number of ether oxygens (including phenoxy) is 1. The van der Waals surface area contributed by atoms with Crippen molar-refractivity contribution in [2.24, 2.45) is 4.99 Å². The number of amidine groups is 1. The minimum atomic E-state index is -4.50. The number of carbonyl (C=O) groups is 1. The van der Waals surface area contributed by atoms with Crippen molar-refractivity contribution in [2.45, 2.75) is 90.1 Å². The Balaban J connectivity index is 1.51. The molecule has 1 amide bonds. The number of anilines is 1. The number of unbranched alkanes of at least 4 members (excludes halogenated alkanes) is 1. The third kappa shape index (κ3) is 7.34. The lowest BCUT2D eigenvalue weighted by atomic mass is 9.86. The van der Waals surface area contributed by atoms with E-state index in [9.17, 15) is 26.4 Å². The Morgan fingerprint density at radius 2 is 1.70 bits per heavy atom. The first kappa shape index (κ1) is 36.8. The summed E-state index contributed by atoms with van der Waals surface area (Å²) in [6.45, 7) is 9.87. The van der Waals surface area contributed by atoms with E-state index in [-0.39, 0.29) is 36.2 Å². The number of aromatic nitrogens is 1. The Hall–Kier alpha value is -4.49. The van der Waals surface area contributed by atoms with Crippen LogP contribution in [-0.4, -0.2) is 36.8 Å². The number of nitrogens with one attached hydrogen (secondary N) is 1. The van der Waals surface area contributed by atoms with Crippen LogP contribution in [-0.2, 0) is 44.4 Å². The van der Waals surface area contributed by atoms with E-state index >= 15 is 0 Å². The number of rotatable bonds is 14. The van der Waals surface area contributed by atoms with Crippen molar-refractivity contribution in [1.29, 1.82) is 0 Å². The molecule has 13 heteroatoms. The number of amides is 1. The van der Waals surface area contributed by atoms with Crippen LogP contribution in [0.15, 0.2) is 81.1 Å². The minimum absolute atomic E-state index is 0.0403. The number of alkyl halides is 3. The van der Waals surface area contributed by atoms with Gasteiger partial charge in [-0.05, 0) is 74.1 Å². The van der Waals surface area contributed by atoms with Gasteiger partial charge in [-0.25, -0.2) is 8.42 Å². The molecule has 0 saturated heterocycles. The van der Waals surface area contributed by atoms with Gasteiger partial charge in [0.2, 0.25) is 0 Å². The third-order valence-electron chi connectivity index (χ3n) is 9.01. The summed E-state index contributed by atoms with van der Waals surface area (Å²) >= 11 is 0. The molecule has 1 aliphatic heterocycles. The quantitative estimate of drug-likeness (QED) is 0.140. The molecule has 1 aliphatic rings. The number of aliphatic imine (C=N–C) groups is 1. The third-order valence-corrected chi connectivity index (χ3v) is 10.4. The molecular weight excluding hydrogens is 669 g/mol. The number of carbonyl (C=O) groups excluding carboxylic acids is 1. The van der Waals surface area contributed by atoms with Gasteiger partial charge in [0.1, 0.15) is 11.6 Å². The van der Waals surface area contributed by atoms with Gasteiger partial charge in [0, 0.05) is 24.2 Å². The molecule has 4 aromatic rings. The van der Waals surface area contributed by atoms with E-state index in [1.807, 2.05) is 32.0 Å². The molecule has 2 heterocycles. The number of hydrogen-bond acceptors (Lipinski definition) is 7. The average molecular weight is 711 g/mol. The number of sulfonamides is 1. The van der Waals surface area contributed by atoms with Crippen LogP contribution in [0.1, 0.15) is 80.0 Å². The predicted molar refractivity (Wildman–Crippen MR) is 185 cm³/mol. The highest BCUT2D eigenvalue weighted by molar-refractivity contribution is 7.92. The molecule has 0 bridgehead atoms. The van der Waals surface area contributed by atoms with Crippen molar-refractivity contribution < 1.29 is 35.6 Å². The molecule has 0 fully saturated rings. The van der Waals surface area contributed by atoms with E-state index in [1.54, 1.807) is 43.9 Å². The lowest BCUT2D eigenvalue weighted by molar-refractivity contribution is -0.137. The lowest BCUT2D eigenvalue weighted by Gasteiger charge is -2.26. The molecule has 0 radical (unpaired) electrons. The zero-order valence-corrected chi connectivity index (χ0v) is 29.5. The molecular formula is C37H41F3N4O5S. The zero-order chi connectivity index (χ0) is 36.3. The Morgan fingerprint density at radius 3 is 2.32 bits per heavy atom. The normalized spacial score (nSPS) is 16.6. The van der Waals surface area contributed by atoms with E-state index in [0.717, 1.165) is 30.5 Å². The minimum Gasteiger partial charge on any atom is -0.377 e. The summed E-state index contributed by atoms with van der Waals surface area (Å²) in [7, 11) is -4.09. The van der Waals surface area contributed by atoms with Crippen molar-refractivity contribution in [1.82, 2.24) is 10.1 Å². The van der Waals surface area contributed by atoms with E-state index in [1.165, 1.54) is 18.2 Å². The second-order valence-corrected chi connectivity index (χ2v) is 13.9. The molecule has 266 valence electrons. The Bertz CT molecular complexity index is 1990. The topological polar surface area (TPSA) is 114 Å². The second-order valence-electron chi connectivity index (χ2n) is 12.3. The molecule has 3 aromatic carbocycles. The van der Waals surface area contributed by atoms with Crippen LogP contribution in [0, 0.1) is 13.8 Å². The molecule has 0 unspecified atom stereocenters. The second kappa shape index (κ2) is 14.8. The first-order chi connectivity index (χ1) is 23.8. The summed E-state index contributed by atoms with van der Waals surface area (Å²) in [5, 5.41) is 3.85. The fraction of sp³-hybridized carbons (Fsp3) is 0.378. The van der Waals surface area contributed by atoms with Gasteiger partial charge in [-0.2, -0.15) is 13.2 Å². The van der Waals surface area contributed by atoms with E-state index in [0.29, 0.717) is 52.4 Å². The number of aryl methyl sites for hydroxylation is 1. The first-order valence-electron chi connectivity index (χ1n) is 16.6. The molecule has 5 rings (SSSR count). The molecule has 1 N–H and O–H groups in total. The largest absolute Gasteiger partial charge is 0.416 e. The molecule has 1 aromatic heterocycles. The van der Waals surface area contributed by atoms with Crippen LogP contribution < -0.4 is 4.72 Å². The van der Waals surface area contributed by atoms with Gasteiger partial charge in [-0.15, -0.1) is 0 Å². The van der Waals surface area contributed by atoms with Crippen molar-refractivity contribution in [3.63, 3.8) is 0 Å². The standard InChI is InChI=1S/C37H41F3N4O5S/c1-6-9-14-33-41-36(7-2,28-16-18-29(19-17-28)37(38,39)40)35(45)44(33)22-26-15-20-30(27(21-26)23-48-8-3)31-12-10-11-13-32(31)50(46,47)43-34-24(4)25(5)49-42-34/h10-13,15-21H,6-9,14,22-23H2,1-5H3,(H,42,43)/t36-/m1/s1. The fourth-order valence-electron chi connectivity index (χ4n) is 6.06. The summed E-state index contributed by atoms with van der Waals surface area (Å²) in [6.07, 6.45) is -2.07. The van der Waals surface area contributed by atoms with Crippen molar-refractivity contribution >= 4 is 27.6 Å². The van der Waals surface area contributed by atoms with Gasteiger partial charge >= 0.3 is 6.18 Å². The maximum atomic E-state index is 14.3. The molecule has 0 saturated carbocycles. The van der Waals surface area contributed by atoms with Crippen LogP contribution in [0.4, 0.5) is 19.0 Å². The van der Waals surface area contributed by atoms with Gasteiger partial charge in [0.05, 0.1) is 23.6 Å². The number of hydrogen-bond donors (Lipinski definition) is 1. The summed E-state index contributed by atoms with van der Waals surface area (Å²) in [4.78, 5) is 20.9. The van der Waals surface area contributed by atoms with Crippen LogP contribution in [0.2, 0.25) is 0 Å². The highest BCUT2D eigenvalue weighted by Crippen LogP contribution is 2.40.